The lowest BCUT2D eigenvalue weighted by atomic mass is 9.33. The first-order valence-corrected chi connectivity index (χ1v) is 18.4. The van der Waals surface area contributed by atoms with E-state index in [1.165, 1.54) is 55.3 Å². The van der Waals surface area contributed by atoms with Crippen LogP contribution in [0.1, 0.15) is 52.7 Å². The molecule has 254 valence electrons. The number of hydrogen-bond donors (Lipinski definition) is 0. The molecule has 0 bridgehead atoms. The van der Waals surface area contributed by atoms with E-state index < -0.39 is 0 Å². The van der Waals surface area contributed by atoms with E-state index >= 15 is 0 Å². The molecule has 4 heteroatoms. The molecular weight excluding hydrogens is 631 g/mol. The third kappa shape index (κ3) is 5.20. The molecule has 0 spiro atoms. The van der Waals surface area contributed by atoms with Crippen LogP contribution in [0.5, 0.6) is 11.5 Å². The van der Waals surface area contributed by atoms with E-state index in [1.807, 2.05) is 0 Å². The summed E-state index contributed by atoms with van der Waals surface area (Å²) in [4.78, 5) is 4.83. The molecule has 0 saturated heterocycles. The Hall–Kier alpha value is -5.74. The Labute approximate surface area is 308 Å². The summed E-state index contributed by atoms with van der Waals surface area (Å²) < 4.78 is 7.10. The van der Waals surface area contributed by atoms with Gasteiger partial charge in [-0.2, -0.15) is 0 Å². The molecule has 0 saturated carbocycles. The molecule has 0 fully saturated rings. The van der Waals surface area contributed by atoms with Gasteiger partial charge in [-0.25, -0.2) is 0 Å². The molecule has 7 aromatic carbocycles. The minimum atomic E-state index is -0.0122. The van der Waals surface area contributed by atoms with E-state index in [9.17, 15) is 0 Å². The highest BCUT2D eigenvalue weighted by atomic mass is 16.5. The highest BCUT2D eigenvalue weighted by Gasteiger charge is 2.43. The molecule has 2 aliphatic heterocycles. The van der Waals surface area contributed by atoms with Gasteiger partial charge in [-0.05, 0) is 98.3 Å². The van der Waals surface area contributed by atoms with Crippen molar-refractivity contribution in [1.82, 2.24) is 0 Å². The van der Waals surface area contributed by atoms with Gasteiger partial charge in [0.2, 0.25) is 0 Å². The van der Waals surface area contributed by atoms with Crippen LogP contribution in [0.2, 0.25) is 0 Å². The van der Waals surface area contributed by atoms with Crippen LogP contribution >= 0.6 is 0 Å². The van der Waals surface area contributed by atoms with Crippen molar-refractivity contribution in [1.29, 1.82) is 0 Å². The van der Waals surface area contributed by atoms with Gasteiger partial charge in [0.05, 0.1) is 5.69 Å². The average molecular weight is 675 g/mol. The largest absolute Gasteiger partial charge is 0.458 e. The summed E-state index contributed by atoms with van der Waals surface area (Å²) in [5, 5.41) is 2.39. The number of ether oxygens (including phenoxy) is 1. The fraction of sp³-hybridized carbons (Fsp3) is 0.167. The monoisotopic (exact) mass is 674 g/mol. The molecule has 2 heterocycles. The summed E-state index contributed by atoms with van der Waals surface area (Å²) in [5.74, 6) is 1.80. The standard InChI is InChI=1S/C48H43BN2O/c1-47(2,3)32-17-15-22-36(29-32)51-40-25-16-26-43-46(40)49(39-28-27-33(30-42(39)51)48(4,5)6)45-38-24-14-13-23-37(38)41(31-44(45)52-43)50(34-18-9-7-10-19-34)35-20-11-8-12-21-35/h7-31H,1-6H3. The third-order valence-corrected chi connectivity index (χ3v) is 10.8. The predicted molar refractivity (Wildman–Crippen MR) is 222 cm³/mol. The first-order chi connectivity index (χ1) is 25.1. The van der Waals surface area contributed by atoms with E-state index in [0.717, 1.165) is 28.6 Å². The quantitative estimate of drug-likeness (QED) is 0.173. The number of fused-ring (bicyclic) bond motifs is 6. The van der Waals surface area contributed by atoms with E-state index in [0.29, 0.717) is 0 Å². The average Bonchev–Trinajstić information content (AvgIpc) is 3.15. The number of rotatable bonds is 4. The summed E-state index contributed by atoms with van der Waals surface area (Å²) in [7, 11) is 0. The molecule has 0 unspecified atom stereocenters. The lowest BCUT2D eigenvalue weighted by Gasteiger charge is -2.41. The van der Waals surface area contributed by atoms with Gasteiger partial charge in [0, 0.05) is 39.9 Å². The van der Waals surface area contributed by atoms with Gasteiger partial charge < -0.3 is 14.5 Å². The molecule has 0 radical (unpaired) electrons. The van der Waals surface area contributed by atoms with Crippen LogP contribution in [0.15, 0.2) is 152 Å². The van der Waals surface area contributed by atoms with Gasteiger partial charge in [0.15, 0.2) is 0 Å². The van der Waals surface area contributed by atoms with Crippen molar-refractivity contribution in [2.75, 3.05) is 9.80 Å². The minimum absolute atomic E-state index is 0.0103. The summed E-state index contributed by atoms with van der Waals surface area (Å²) in [6, 6.07) is 55.2. The second-order valence-corrected chi connectivity index (χ2v) is 16.2. The Morgan fingerprint density at radius 2 is 1.12 bits per heavy atom. The smallest absolute Gasteiger partial charge is 0.257 e. The van der Waals surface area contributed by atoms with Crippen molar-refractivity contribution >= 4 is 68.0 Å². The molecule has 7 aromatic rings. The van der Waals surface area contributed by atoms with Crippen molar-refractivity contribution in [2.24, 2.45) is 0 Å². The van der Waals surface area contributed by atoms with Crippen LogP contribution in [-0.2, 0) is 10.8 Å². The number of nitrogens with zero attached hydrogens (tertiary/aromatic N) is 2. The van der Waals surface area contributed by atoms with Crippen molar-refractivity contribution in [3.05, 3.63) is 163 Å². The number of anilines is 6. The van der Waals surface area contributed by atoms with Crippen LogP contribution in [0.3, 0.4) is 0 Å². The van der Waals surface area contributed by atoms with Gasteiger partial charge in [-0.3, -0.25) is 0 Å². The van der Waals surface area contributed by atoms with Crippen molar-refractivity contribution in [2.45, 2.75) is 52.4 Å². The highest BCUT2D eigenvalue weighted by Crippen LogP contribution is 2.46. The van der Waals surface area contributed by atoms with E-state index in [2.05, 4.69) is 203 Å². The maximum absolute atomic E-state index is 7.10. The summed E-state index contributed by atoms with van der Waals surface area (Å²) >= 11 is 0. The van der Waals surface area contributed by atoms with Crippen LogP contribution < -0.4 is 30.9 Å². The Bertz CT molecular complexity index is 2440. The van der Waals surface area contributed by atoms with Gasteiger partial charge >= 0.3 is 0 Å². The lowest BCUT2D eigenvalue weighted by Crippen LogP contribution is -2.59. The lowest BCUT2D eigenvalue weighted by molar-refractivity contribution is 0.488. The molecule has 0 atom stereocenters. The van der Waals surface area contributed by atoms with Crippen LogP contribution in [0, 0.1) is 0 Å². The molecule has 2 aliphatic rings. The maximum Gasteiger partial charge on any atom is 0.257 e. The fourth-order valence-corrected chi connectivity index (χ4v) is 8.15. The number of benzene rings is 7. The van der Waals surface area contributed by atoms with Gasteiger partial charge in [-0.1, -0.05) is 133 Å². The summed E-state index contributed by atoms with van der Waals surface area (Å²) in [6.07, 6.45) is 0. The molecule has 3 nitrogen and oxygen atoms in total. The second kappa shape index (κ2) is 11.9. The number of hydrogen-bond acceptors (Lipinski definition) is 3. The van der Waals surface area contributed by atoms with Gasteiger partial charge in [0.25, 0.3) is 6.71 Å². The topological polar surface area (TPSA) is 15.7 Å². The second-order valence-electron chi connectivity index (χ2n) is 16.2. The third-order valence-electron chi connectivity index (χ3n) is 10.8. The molecule has 0 aromatic heterocycles. The zero-order valence-corrected chi connectivity index (χ0v) is 30.8. The van der Waals surface area contributed by atoms with Crippen molar-refractivity contribution in [3.63, 3.8) is 0 Å². The first kappa shape index (κ1) is 32.2. The minimum Gasteiger partial charge on any atom is -0.458 e. The molecule has 0 N–H and O–H groups in total. The number of para-hydroxylation sites is 2. The van der Waals surface area contributed by atoms with Crippen LogP contribution in [0.4, 0.5) is 34.1 Å². The SMILES string of the molecule is CC(C)(C)c1cccc(N2c3cc(C(C)(C)C)ccc3B3c4c(cccc42)Oc2cc(N(c4ccccc4)c4ccccc4)c4ccccc4c23)c1. The molecule has 9 rings (SSSR count). The Morgan fingerprint density at radius 3 is 1.79 bits per heavy atom. The zero-order valence-electron chi connectivity index (χ0n) is 30.8. The fourth-order valence-electron chi connectivity index (χ4n) is 8.15. The predicted octanol–water partition coefficient (Wildman–Crippen LogP) is 11.3. The molecular formula is C48H43BN2O. The van der Waals surface area contributed by atoms with Crippen molar-refractivity contribution < 1.29 is 4.74 Å². The Balaban J connectivity index is 1.33. The van der Waals surface area contributed by atoms with E-state index in [-0.39, 0.29) is 17.5 Å². The van der Waals surface area contributed by atoms with Crippen molar-refractivity contribution in [3.8, 4) is 11.5 Å². The van der Waals surface area contributed by atoms with Crippen LogP contribution in [-0.4, -0.2) is 6.71 Å². The zero-order chi connectivity index (χ0) is 35.8. The Kier molecular flexibility index (Phi) is 7.38. The first-order valence-electron chi connectivity index (χ1n) is 18.4. The van der Waals surface area contributed by atoms with E-state index in [4.69, 9.17) is 4.74 Å². The summed E-state index contributed by atoms with van der Waals surface area (Å²) in [6.45, 7) is 13.8. The van der Waals surface area contributed by atoms with Crippen LogP contribution in [0.25, 0.3) is 10.8 Å². The summed E-state index contributed by atoms with van der Waals surface area (Å²) in [5.41, 5.74) is 13.2. The maximum atomic E-state index is 7.10. The molecule has 0 aliphatic carbocycles. The highest BCUT2D eigenvalue weighted by molar-refractivity contribution is 7.00. The van der Waals surface area contributed by atoms with E-state index in [1.54, 1.807) is 0 Å². The molecule has 52 heavy (non-hydrogen) atoms. The Morgan fingerprint density at radius 1 is 0.500 bits per heavy atom. The van der Waals surface area contributed by atoms with Gasteiger partial charge in [0.1, 0.15) is 11.5 Å². The normalized spacial score (nSPS) is 13.3. The molecule has 0 amide bonds. The van der Waals surface area contributed by atoms with Gasteiger partial charge in [-0.15, -0.1) is 0 Å².